The molecular weight excluding hydrogens is 262 g/mol. The van der Waals surface area contributed by atoms with Crippen LogP contribution in [0.25, 0.3) is 0 Å². The highest BCUT2D eigenvalue weighted by Crippen LogP contribution is 2.20. The Balaban J connectivity index is 2.15. The van der Waals surface area contributed by atoms with E-state index in [0.717, 1.165) is 16.8 Å². The molecule has 2 aromatic rings. The van der Waals surface area contributed by atoms with Crippen LogP contribution >= 0.6 is 0 Å². The highest BCUT2D eigenvalue weighted by molar-refractivity contribution is 6.04. The third-order valence-corrected chi connectivity index (χ3v) is 3.62. The van der Waals surface area contributed by atoms with E-state index in [1.165, 1.54) is 5.56 Å². The number of hydrogen-bond acceptors (Lipinski definition) is 2. The SMILES string of the molecule is Cc1ccc(NC(=O)c2ccc(C(C)(C)O)cc2)cc1C. The first kappa shape index (κ1) is 15.3. The molecule has 0 spiro atoms. The summed E-state index contributed by atoms with van der Waals surface area (Å²) in [7, 11) is 0. The molecule has 0 atom stereocenters. The van der Waals surface area contributed by atoms with Crippen molar-refractivity contribution < 1.29 is 9.90 Å². The van der Waals surface area contributed by atoms with Gasteiger partial charge in [0.1, 0.15) is 0 Å². The summed E-state index contributed by atoms with van der Waals surface area (Å²) < 4.78 is 0. The second kappa shape index (κ2) is 5.70. The molecule has 0 fully saturated rings. The lowest BCUT2D eigenvalue weighted by Crippen LogP contribution is -2.16. The van der Waals surface area contributed by atoms with Crippen LogP contribution in [-0.4, -0.2) is 11.0 Å². The quantitative estimate of drug-likeness (QED) is 0.900. The Hall–Kier alpha value is -2.13. The molecule has 0 unspecified atom stereocenters. The molecule has 0 saturated carbocycles. The molecule has 3 heteroatoms. The van der Waals surface area contributed by atoms with Crippen LogP contribution in [0.4, 0.5) is 5.69 Å². The van der Waals surface area contributed by atoms with Gasteiger partial charge in [-0.05, 0) is 68.7 Å². The number of carbonyl (C=O) groups is 1. The lowest BCUT2D eigenvalue weighted by molar-refractivity contribution is 0.0785. The van der Waals surface area contributed by atoms with Crippen LogP contribution in [0, 0.1) is 13.8 Å². The monoisotopic (exact) mass is 283 g/mol. The third kappa shape index (κ3) is 3.70. The molecule has 0 aromatic heterocycles. The summed E-state index contributed by atoms with van der Waals surface area (Å²) in [5, 5.41) is 12.8. The Morgan fingerprint density at radius 1 is 1.00 bits per heavy atom. The van der Waals surface area contributed by atoms with Gasteiger partial charge in [-0.15, -0.1) is 0 Å². The van der Waals surface area contributed by atoms with Gasteiger partial charge in [-0.2, -0.15) is 0 Å². The topological polar surface area (TPSA) is 49.3 Å². The summed E-state index contributed by atoms with van der Waals surface area (Å²) >= 11 is 0. The maximum absolute atomic E-state index is 12.2. The van der Waals surface area contributed by atoms with E-state index in [9.17, 15) is 9.90 Å². The fourth-order valence-electron chi connectivity index (χ4n) is 2.05. The molecule has 0 radical (unpaired) electrons. The van der Waals surface area contributed by atoms with Crippen LogP contribution < -0.4 is 5.32 Å². The third-order valence-electron chi connectivity index (χ3n) is 3.62. The molecule has 2 rings (SSSR count). The van der Waals surface area contributed by atoms with Crippen LogP contribution in [0.5, 0.6) is 0 Å². The first-order chi connectivity index (χ1) is 9.77. The number of amides is 1. The normalized spacial score (nSPS) is 11.3. The Morgan fingerprint density at radius 3 is 2.14 bits per heavy atom. The van der Waals surface area contributed by atoms with Crippen LogP contribution in [0.2, 0.25) is 0 Å². The second-order valence-electron chi connectivity index (χ2n) is 5.89. The summed E-state index contributed by atoms with van der Waals surface area (Å²) in [5.41, 5.74) is 3.58. The number of carbonyl (C=O) groups excluding carboxylic acids is 1. The van der Waals surface area contributed by atoms with Gasteiger partial charge in [0, 0.05) is 11.3 Å². The molecule has 2 aromatic carbocycles. The van der Waals surface area contributed by atoms with Crippen molar-refractivity contribution in [3.63, 3.8) is 0 Å². The predicted octanol–water partition coefficient (Wildman–Crippen LogP) is 3.78. The van der Waals surface area contributed by atoms with Gasteiger partial charge in [0.2, 0.25) is 0 Å². The number of hydrogen-bond donors (Lipinski definition) is 2. The zero-order chi connectivity index (χ0) is 15.6. The van der Waals surface area contributed by atoms with Gasteiger partial charge >= 0.3 is 0 Å². The van der Waals surface area contributed by atoms with Crippen molar-refractivity contribution in [1.82, 2.24) is 0 Å². The van der Waals surface area contributed by atoms with E-state index in [0.29, 0.717) is 5.56 Å². The summed E-state index contributed by atoms with van der Waals surface area (Å²) in [4.78, 5) is 12.2. The summed E-state index contributed by atoms with van der Waals surface area (Å²) in [6, 6.07) is 12.8. The molecule has 0 saturated heterocycles. The molecule has 21 heavy (non-hydrogen) atoms. The van der Waals surface area contributed by atoms with Crippen molar-refractivity contribution in [3.8, 4) is 0 Å². The fourth-order valence-corrected chi connectivity index (χ4v) is 2.05. The van der Waals surface area contributed by atoms with Gasteiger partial charge in [-0.3, -0.25) is 4.79 Å². The molecule has 0 aliphatic carbocycles. The minimum absolute atomic E-state index is 0.152. The first-order valence-corrected chi connectivity index (χ1v) is 6.99. The zero-order valence-corrected chi connectivity index (χ0v) is 12.9. The number of nitrogens with one attached hydrogen (secondary N) is 1. The largest absolute Gasteiger partial charge is 0.386 e. The number of rotatable bonds is 3. The number of benzene rings is 2. The molecule has 1 amide bonds. The fraction of sp³-hybridized carbons (Fsp3) is 0.278. The summed E-state index contributed by atoms with van der Waals surface area (Å²) in [5.74, 6) is -0.152. The Kier molecular flexibility index (Phi) is 4.14. The lowest BCUT2D eigenvalue weighted by atomic mass is 9.97. The Morgan fingerprint density at radius 2 is 1.62 bits per heavy atom. The second-order valence-corrected chi connectivity index (χ2v) is 5.89. The van der Waals surface area contributed by atoms with Crippen LogP contribution in [0.15, 0.2) is 42.5 Å². The van der Waals surface area contributed by atoms with E-state index in [2.05, 4.69) is 5.32 Å². The van der Waals surface area contributed by atoms with Gasteiger partial charge in [0.25, 0.3) is 5.91 Å². The van der Waals surface area contributed by atoms with Crippen molar-refractivity contribution in [1.29, 1.82) is 0 Å². The van der Waals surface area contributed by atoms with Crippen LogP contribution in [-0.2, 0) is 5.60 Å². The van der Waals surface area contributed by atoms with Crippen molar-refractivity contribution in [2.45, 2.75) is 33.3 Å². The molecule has 3 nitrogen and oxygen atoms in total. The number of anilines is 1. The molecule has 0 aliphatic heterocycles. The van der Waals surface area contributed by atoms with E-state index >= 15 is 0 Å². The highest BCUT2D eigenvalue weighted by Gasteiger charge is 2.16. The van der Waals surface area contributed by atoms with Crippen LogP contribution in [0.1, 0.15) is 40.9 Å². The van der Waals surface area contributed by atoms with Crippen LogP contribution in [0.3, 0.4) is 0 Å². The summed E-state index contributed by atoms with van der Waals surface area (Å²) in [6.07, 6.45) is 0. The molecule has 110 valence electrons. The average Bonchev–Trinajstić information content (AvgIpc) is 2.42. The number of aliphatic hydroxyl groups is 1. The molecule has 0 heterocycles. The molecule has 0 bridgehead atoms. The van der Waals surface area contributed by atoms with Gasteiger partial charge in [0.05, 0.1) is 5.60 Å². The maximum atomic E-state index is 12.2. The lowest BCUT2D eigenvalue weighted by Gasteiger charge is -2.17. The Labute approximate surface area is 125 Å². The van der Waals surface area contributed by atoms with E-state index < -0.39 is 5.60 Å². The molecular formula is C18H21NO2. The standard InChI is InChI=1S/C18H21NO2/c1-12-5-10-16(11-13(12)2)19-17(20)14-6-8-15(9-7-14)18(3,4)21/h5-11,21H,1-4H3,(H,19,20). The minimum atomic E-state index is -0.900. The van der Waals surface area contributed by atoms with Crippen molar-refractivity contribution in [2.75, 3.05) is 5.32 Å². The minimum Gasteiger partial charge on any atom is -0.386 e. The molecule has 0 aliphatic rings. The summed E-state index contributed by atoms with van der Waals surface area (Å²) in [6.45, 7) is 7.49. The Bertz CT molecular complexity index is 652. The highest BCUT2D eigenvalue weighted by atomic mass is 16.3. The number of aryl methyl sites for hydroxylation is 2. The smallest absolute Gasteiger partial charge is 0.255 e. The zero-order valence-electron chi connectivity index (χ0n) is 12.9. The van der Waals surface area contributed by atoms with Crippen molar-refractivity contribution in [2.24, 2.45) is 0 Å². The van der Waals surface area contributed by atoms with E-state index in [4.69, 9.17) is 0 Å². The van der Waals surface area contributed by atoms with Crippen molar-refractivity contribution >= 4 is 11.6 Å². The van der Waals surface area contributed by atoms with Gasteiger partial charge in [-0.1, -0.05) is 18.2 Å². The predicted molar refractivity (Wildman–Crippen MR) is 85.6 cm³/mol. The van der Waals surface area contributed by atoms with E-state index in [1.54, 1.807) is 38.1 Å². The van der Waals surface area contributed by atoms with E-state index in [1.807, 2.05) is 32.0 Å². The maximum Gasteiger partial charge on any atom is 0.255 e. The van der Waals surface area contributed by atoms with Crippen molar-refractivity contribution in [3.05, 3.63) is 64.7 Å². The van der Waals surface area contributed by atoms with Gasteiger partial charge < -0.3 is 10.4 Å². The van der Waals surface area contributed by atoms with E-state index in [-0.39, 0.29) is 5.91 Å². The average molecular weight is 283 g/mol. The molecule has 2 N–H and O–H groups in total. The first-order valence-electron chi connectivity index (χ1n) is 6.99. The van der Waals surface area contributed by atoms with Gasteiger partial charge in [0.15, 0.2) is 0 Å². The van der Waals surface area contributed by atoms with Gasteiger partial charge in [-0.25, -0.2) is 0 Å².